The standard InChI is InChI=1S/C15H15N3O/c1-16-10-15-18-17-14(19-15)9-12-7-4-6-11-5-2-3-8-13(11)12/h2-8,16H,9-10H2,1H3. The molecule has 3 rings (SSSR count). The van der Waals surface area contributed by atoms with E-state index in [1.807, 2.05) is 19.2 Å². The summed E-state index contributed by atoms with van der Waals surface area (Å²) >= 11 is 0. The van der Waals surface area contributed by atoms with Gasteiger partial charge in [-0.15, -0.1) is 10.2 Å². The van der Waals surface area contributed by atoms with Crippen molar-refractivity contribution in [3.05, 3.63) is 59.8 Å². The lowest BCUT2D eigenvalue weighted by atomic mass is 10.0. The summed E-state index contributed by atoms with van der Waals surface area (Å²) in [4.78, 5) is 0. The molecule has 1 aromatic heterocycles. The summed E-state index contributed by atoms with van der Waals surface area (Å²) in [7, 11) is 1.86. The summed E-state index contributed by atoms with van der Waals surface area (Å²) in [6, 6.07) is 14.6. The van der Waals surface area contributed by atoms with Crippen LogP contribution >= 0.6 is 0 Å². The van der Waals surface area contributed by atoms with Gasteiger partial charge in [-0.2, -0.15) is 0 Å². The molecule has 0 radical (unpaired) electrons. The summed E-state index contributed by atoms with van der Waals surface area (Å²) in [6.07, 6.45) is 0.665. The zero-order valence-electron chi connectivity index (χ0n) is 10.8. The summed E-state index contributed by atoms with van der Waals surface area (Å²) in [5, 5.41) is 13.5. The van der Waals surface area contributed by atoms with Gasteiger partial charge in [-0.3, -0.25) is 0 Å². The molecular formula is C15H15N3O. The number of nitrogens with one attached hydrogen (secondary N) is 1. The van der Waals surface area contributed by atoms with E-state index in [4.69, 9.17) is 4.42 Å². The summed E-state index contributed by atoms with van der Waals surface area (Å²) < 4.78 is 5.59. The zero-order valence-corrected chi connectivity index (χ0v) is 10.8. The molecule has 0 spiro atoms. The fourth-order valence-electron chi connectivity index (χ4n) is 2.19. The Hall–Kier alpha value is -2.20. The van der Waals surface area contributed by atoms with Gasteiger partial charge in [0.2, 0.25) is 11.8 Å². The SMILES string of the molecule is CNCc1nnc(Cc2cccc3ccccc23)o1. The molecule has 0 atom stereocenters. The topological polar surface area (TPSA) is 51.0 Å². The highest BCUT2D eigenvalue weighted by Crippen LogP contribution is 2.20. The van der Waals surface area contributed by atoms with E-state index in [-0.39, 0.29) is 0 Å². The van der Waals surface area contributed by atoms with Crippen LogP contribution in [0.4, 0.5) is 0 Å². The predicted octanol–water partition coefficient (Wildman–Crippen LogP) is 2.53. The summed E-state index contributed by atoms with van der Waals surface area (Å²) in [5.41, 5.74) is 1.21. The molecule has 0 aliphatic heterocycles. The highest BCUT2D eigenvalue weighted by atomic mass is 16.4. The van der Waals surface area contributed by atoms with Crippen LogP contribution in [-0.4, -0.2) is 17.2 Å². The van der Waals surface area contributed by atoms with Gasteiger partial charge >= 0.3 is 0 Å². The Kier molecular flexibility index (Phi) is 3.25. The van der Waals surface area contributed by atoms with Crippen LogP contribution in [-0.2, 0) is 13.0 Å². The number of fused-ring (bicyclic) bond motifs is 1. The molecule has 3 aromatic rings. The lowest BCUT2D eigenvalue weighted by molar-refractivity contribution is 0.447. The molecule has 0 bridgehead atoms. The molecular weight excluding hydrogens is 238 g/mol. The average Bonchev–Trinajstić information content (AvgIpc) is 2.87. The maximum atomic E-state index is 5.59. The Balaban J connectivity index is 1.92. The minimum Gasteiger partial charge on any atom is -0.424 e. The van der Waals surface area contributed by atoms with Crippen molar-refractivity contribution in [1.29, 1.82) is 0 Å². The fraction of sp³-hybridized carbons (Fsp3) is 0.200. The quantitative estimate of drug-likeness (QED) is 0.776. The molecule has 0 saturated heterocycles. The first kappa shape index (κ1) is 11.9. The van der Waals surface area contributed by atoms with Crippen molar-refractivity contribution < 1.29 is 4.42 Å². The largest absolute Gasteiger partial charge is 0.424 e. The minimum absolute atomic E-state index is 0.600. The van der Waals surface area contributed by atoms with E-state index >= 15 is 0 Å². The Bertz CT molecular complexity index is 685. The number of benzene rings is 2. The van der Waals surface area contributed by atoms with Gasteiger partial charge in [-0.25, -0.2) is 0 Å². The second-order valence-electron chi connectivity index (χ2n) is 4.43. The highest BCUT2D eigenvalue weighted by Gasteiger charge is 2.08. The molecule has 4 heteroatoms. The highest BCUT2D eigenvalue weighted by molar-refractivity contribution is 5.85. The minimum atomic E-state index is 0.600. The number of hydrogen-bond donors (Lipinski definition) is 1. The third-order valence-corrected chi connectivity index (χ3v) is 3.06. The predicted molar refractivity (Wildman–Crippen MR) is 73.8 cm³/mol. The van der Waals surface area contributed by atoms with Crippen LogP contribution in [0.5, 0.6) is 0 Å². The van der Waals surface area contributed by atoms with E-state index in [9.17, 15) is 0 Å². The van der Waals surface area contributed by atoms with E-state index in [1.165, 1.54) is 16.3 Å². The molecule has 2 aromatic carbocycles. The van der Waals surface area contributed by atoms with Gasteiger partial charge < -0.3 is 9.73 Å². The Labute approximate surface area is 111 Å². The van der Waals surface area contributed by atoms with Crippen molar-refractivity contribution in [3.8, 4) is 0 Å². The van der Waals surface area contributed by atoms with Gasteiger partial charge in [-0.05, 0) is 23.4 Å². The van der Waals surface area contributed by atoms with Crippen LogP contribution in [0.1, 0.15) is 17.3 Å². The second-order valence-corrected chi connectivity index (χ2v) is 4.43. The van der Waals surface area contributed by atoms with E-state index in [0.717, 1.165) is 0 Å². The molecule has 0 aliphatic rings. The van der Waals surface area contributed by atoms with E-state index < -0.39 is 0 Å². The molecule has 0 amide bonds. The lowest BCUT2D eigenvalue weighted by Crippen LogP contribution is -2.04. The first-order valence-electron chi connectivity index (χ1n) is 6.29. The monoisotopic (exact) mass is 253 g/mol. The van der Waals surface area contributed by atoms with Crippen LogP contribution < -0.4 is 5.32 Å². The number of hydrogen-bond acceptors (Lipinski definition) is 4. The maximum absolute atomic E-state index is 5.59. The Morgan fingerprint density at radius 3 is 2.68 bits per heavy atom. The van der Waals surface area contributed by atoms with Gasteiger partial charge in [-0.1, -0.05) is 42.5 Å². The summed E-state index contributed by atoms with van der Waals surface area (Å²) in [6.45, 7) is 0.600. The molecule has 0 saturated carbocycles. The van der Waals surface area contributed by atoms with Gasteiger partial charge in [0.1, 0.15) is 0 Å². The molecule has 1 N–H and O–H groups in total. The van der Waals surface area contributed by atoms with Gasteiger partial charge in [0.15, 0.2) is 0 Å². The molecule has 4 nitrogen and oxygen atoms in total. The van der Waals surface area contributed by atoms with Crippen LogP contribution in [0.15, 0.2) is 46.9 Å². The van der Waals surface area contributed by atoms with Crippen molar-refractivity contribution in [2.45, 2.75) is 13.0 Å². The third-order valence-electron chi connectivity index (χ3n) is 3.06. The summed E-state index contributed by atoms with van der Waals surface area (Å²) in [5.74, 6) is 1.28. The van der Waals surface area contributed by atoms with Crippen LogP contribution in [0, 0.1) is 0 Å². The first-order valence-corrected chi connectivity index (χ1v) is 6.29. The second kappa shape index (κ2) is 5.20. The van der Waals surface area contributed by atoms with Crippen molar-refractivity contribution in [2.24, 2.45) is 0 Å². The molecule has 0 aliphatic carbocycles. The Morgan fingerprint density at radius 1 is 1.00 bits per heavy atom. The lowest BCUT2D eigenvalue weighted by Gasteiger charge is -2.03. The number of aromatic nitrogens is 2. The van der Waals surface area contributed by atoms with Crippen molar-refractivity contribution in [2.75, 3.05) is 7.05 Å². The van der Waals surface area contributed by atoms with E-state index in [1.54, 1.807) is 0 Å². The van der Waals surface area contributed by atoms with E-state index in [2.05, 4.69) is 45.8 Å². The smallest absolute Gasteiger partial charge is 0.230 e. The van der Waals surface area contributed by atoms with Crippen molar-refractivity contribution in [3.63, 3.8) is 0 Å². The molecule has 0 unspecified atom stereocenters. The molecule has 1 heterocycles. The van der Waals surface area contributed by atoms with Crippen LogP contribution in [0.25, 0.3) is 10.8 Å². The van der Waals surface area contributed by atoms with Crippen molar-refractivity contribution >= 4 is 10.8 Å². The van der Waals surface area contributed by atoms with Gasteiger partial charge in [0.25, 0.3) is 0 Å². The maximum Gasteiger partial charge on any atom is 0.230 e. The number of rotatable bonds is 4. The van der Waals surface area contributed by atoms with Crippen LogP contribution in [0.2, 0.25) is 0 Å². The normalized spacial score (nSPS) is 11.0. The van der Waals surface area contributed by atoms with E-state index in [0.29, 0.717) is 24.7 Å². The van der Waals surface area contributed by atoms with Crippen LogP contribution in [0.3, 0.4) is 0 Å². The zero-order chi connectivity index (χ0) is 13.1. The first-order chi connectivity index (χ1) is 9.36. The van der Waals surface area contributed by atoms with Gasteiger partial charge in [0.05, 0.1) is 13.0 Å². The third kappa shape index (κ3) is 2.48. The number of nitrogens with zero attached hydrogens (tertiary/aromatic N) is 2. The van der Waals surface area contributed by atoms with Gasteiger partial charge in [0, 0.05) is 0 Å². The average molecular weight is 253 g/mol. The Morgan fingerprint density at radius 2 is 1.79 bits per heavy atom. The molecule has 19 heavy (non-hydrogen) atoms. The van der Waals surface area contributed by atoms with Crippen molar-refractivity contribution in [1.82, 2.24) is 15.5 Å². The molecule has 0 fully saturated rings. The fourth-order valence-corrected chi connectivity index (χ4v) is 2.19. The molecule has 96 valence electrons.